The van der Waals surface area contributed by atoms with E-state index in [4.69, 9.17) is 5.73 Å². The molecule has 0 saturated heterocycles. The first kappa shape index (κ1) is 10.6. The van der Waals surface area contributed by atoms with Gasteiger partial charge < -0.3 is 11.1 Å². The number of carbonyl (C=O) groups is 1. The van der Waals surface area contributed by atoms with E-state index in [-0.39, 0.29) is 11.8 Å². The molecular weight excluding hydrogens is 212 g/mol. The Morgan fingerprint density at radius 1 is 1.35 bits per heavy atom. The van der Waals surface area contributed by atoms with Gasteiger partial charge in [0, 0.05) is 5.92 Å². The number of fused-ring (bicyclic) bond motifs is 1. The van der Waals surface area contributed by atoms with E-state index in [9.17, 15) is 4.79 Å². The van der Waals surface area contributed by atoms with Crippen LogP contribution in [0.15, 0.2) is 18.2 Å². The molecular formula is C14H18N2O. The van der Waals surface area contributed by atoms with Gasteiger partial charge in [-0.1, -0.05) is 12.5 Å². The molecule has 2 aliphatic carbocycles. The topological polar surface area (TPSA) is 55.1 Å². The molecule has 2 fully saturated rings. The first-order valence-electron chi connectivity index (χ1n) is 6.34. The van der Waals surface area contributed by atoms with Crippen molar-refractivity contribution in [1.29, 1.82) is 0 Å². The van der Waals surface area contributed by atoms with Crippen LogP contribution < -0.4 is 11.1 Å². The number of nitrogens with two attached hydrogens (primary N) is 1. The van der Waals surface area contributed by atoms with Crippen LogP contribution in [0, 0.1) is 24.7 Å². The quantitative estimate of drug-likeness (QED) is 0.767. The highest BCUT2D eigenvalue weighted by atomic mass is 16.2. The molecule has 17 heavy (non-hydrogen) atoms. The van der Waals surface area contributed by atoms with Crippen molar-refractivity contribution in [1.82, 2.24) is 0 Å². The van der Waals surface area contributed by atoms with Gasteiger partial charge in [0.25, 0.3) is 0 Å². The summed E-state index contributed by atoms with van der Waals surface area (Å²) in [5.41, 5.74) is 8.39. The lowest BCUT2D eigenvalue weighted by atomic mass is 10.1. The van der Waals surface area contributed by atoms with Crippen molar-refractivity contribution < 1.29 is 4.79 Å². The number of aryl methyl sites for hydroxylation is 1. The maximum Gasteiger partial charge on any atom is 0.228 e. The minimum absolute atomic E-state index is 0.164. The molecule has 90 valence electrons. The van der Waals surface area contributed by atoms with E-state index in [2.05, 4.69) is 5.32 Å². The van der Waals surface area contributed by atoms with Crippen molar-refractivity contribution in [3.05, 3.63) is 23.8 Å². The molecule has 0 aliphatic heterocycles. The Labute approximate surface area is 101 Å². The average molecular weight is 230 g/mol. The fourth-order valence-corrected chi connectivity index (χ4v) is 3.20. The summed E-state index contributed by atoms with van der Waals surface area (Å²) in [7, 11) is 0. The summed E-state index contributed by atoms with van der Waals surface area (Å²) >= 11 is 0. The molecule has 2 saturated carbocycles. The second-order valence-electron chi connectivity index (χ2n) is 5.36. The zero-order valence-electron chi connectivity index (χ0n) is 10.1. The smallest absolute Gasteiger partial charge is 0.228 e. The number of carbonyl (C=O) groups excluding carboxylic acids is 1. The van der Waals surface area contributed by atoms with Gasteiger partial charge >= 0.3 is 0 Å². The van der Waals surface area contributed by atoms with E-state index in [1.807, 2.05) is 25.1 Å². The molecule has 3 rings (SSSR count). The van der Waals surface area contributed by atoms with E-state index in [1.165, 1.54) is 19.3 Å². The van der Waals surface area contributed by atoms with Gasteiger partial charge in [0.1, 0.15) is 0 Å². The van der Waals surface area contributed by atoms with Crippen molar-refractivity contribution in [2.45, 2.75) is 26.2 Å². The minimum atomic E-state index is 0.164. The zero-order chi connectivity index (χ0) is 12.0. The predicted molar refractivity (Wildman–Crippen MR) is 68.5 cm³/mol. The Hall–Kier alpha value is -1.51. The fourth-order valence-electron chi connectivity index (χ4n) is 3.20. The molecule has 0 spiro atoms. The summed E-state index contributed by atoms with van der Waals surface area (Å²) in [6, 6.07) is 5.74. The minimum Gasteiger partial charge on any atom is -0.397 e. The largest absolute Gasteiger partial charge is 0.397 e. The molecule has 1 aromatic rings. The van der Waals surface area contributed by atoms with Crippen LogP contribution in [0.1, 0.15) is 24.8 Å². The number of benzene rings is 1. The van der Waals surface area contributed by atoms with Crippen LogP contribution >= 0.6 is 0 Å². The molecule has 3 N–H and O–H groups in total. The van der Waals surface area contributed by atoms with Crippen molar-refractivity contribution in [2.24, 2.45) is 17.8 Å². The molecule has 2 atom stereocenters. The first-order chi connectivity index (χ1) is 8.16. The second kappa shape index (κ2) is 3.76. The van der Waals surface area contributed by atoms with E-state index in [1.54, 1.807) is 0 Å². The number of nitrogen functional groups attached to an aromatic ring is 1. The van der Waals surface area contributed by atoms with Gasteiger partial charge in [0.15, 0.2) is 0 Å². The third kappa shape index (κ3) is 1.79. The van der Waals surface area contributed by atoms with Crippen LogP contribution in [0.2, 0.25) is 0 Å². The van der Waals surface area contributed by atoms with Crippen LogP contribution in [-0.2, 0) is 4.79 Å². The second-order valence-corrected chi connectivity index (χ2v) is 5.36. The summed E-state index contributed by atoms with van der Waals surface area (Å²) < 4.78 is 0. The van der Waals surface area contributed by atoms with Crippen molar-refractivity contribution >= 4 is 17.3 Å². The summed E-state index contributed by atoms with van der Waals surface area (Å²) in [5.74, 6) is 1.72. The Kier molecular flexibility index (Phi) is 2.35. The molecule has 3 heteroatoms. The van der Waals surface area contributed by atoms with Gasteiger partial charge in [-0.25, -0.2) is 0 Å². The lowest BCUT2D eigenvalue weighted by Gasteiger charge is -2.10. The SMILES string of the molecule is Cc1ccc(N)c(NC(=O)C2C3CCCC32)c1. The van der Waals surface area contributed by atoms with Crippen molar-refractivity contribution in [3.63, 3.8) is 0 Å². The molecule has 1 amide bonds. The zero-order valence-corrected chi connectivity index (χ0v) is 10.1. The molecule has 0 radical (unpaired) electrons. The lowest BCUT2D eigenvalue weighted by molar-refractivity contribution is -0.118. The highest BCUT2D eigenvalue weighted by Crippen LogP contribution is 2.57. The van der Waals surface area contributed by atoms with Gasteiger partial charge in [-0.2, -0.15) is 0 Å². The van der Waals surface area contributed by atoms with E-state index in [0.29, 0.717) is 17.5 Å². The van der Waals surface area contributed by atoms with Gasteiger partial charge in [-0.15, -0.1) is 0 Å². The maximum absolute atomic E-state index is 12.1. The maximum atomic E-state index is 12.1. The highest BCUT2D eigenvalue weighted by molar-refractivity contribution is 5.97. The van der Waals surface area contributed by atoms with Crippen LogP contribution in [0.25, 0.3) is 0 Å². The van der Waals surface area contributed by atoms with E-state index in [0.717, 1.165) is 11.3 Å². The molecule has 2 aliphatic rings. The Bertz CT molecular complexity index is 459. The highest BCUT2D eigenvalue weighted by Gasteiger charge is 2.56. The van der Waals surface area contributed by atoms with Crippen molar-refractivity contribution in [3.8, 4) is 0 Å². The number of hydrogen-bond acceptors (Lipinski definition) is 2. The van der Waals surface area contributed by atoms with Crippen LogP contribution in [0.5, 0.6) is 0 Å². The van der Waals surface area contributed by atoms with Crippen molar-refractivity contribution in [2.75, 3.05) is 11.1 Å². The van der Waals surface area contributed by atoms with Crippen LogP contribution in [-0.4, -0.2) is 5.91 Å². The third-order valence-corrected chi connectivity index (χ3v) is 4.18. The van der Waals surface area contributed by atoms with Crippen LogP contribution in [0.4, 0.5) is 11.4 Å². The summed E-state index contributed by atoms with van der Waals surface area (Å²) in [6.45, 7) is 2.00. The molecule has 2 unspecified atom stereocenters. The van der Waals surface area contributed by atoms with Gasteiger partial charge in [0.2, 0.25) is 5.91 Å². The van der Waals surface area contributed by atoms with Crippen LogP contribution in [0.3, 0.4) is 0 Å². The van der Waals surface area contributed by atoms with Gasteiger partial charge in [-0.3, -0.25) is 4.79 Å². The number of anilines is 2. The third-order valence-electron chi connectivity index (χ3n) is 4.18. The van der Waals surface area contributed by atoms with E-state index < -0.39 is 0 Å². The Balaban J connectivity index is 1.71. The normalized spacial score (nSPS) is 29.8. The average Bonchev–Trinajstić information content (AvgIpc) is 2.78. The first-order valence-corrected chi connectivity index (χ1v) is 6.34. The number of rotatable bonds is 2. The number of amides is 1. The Morgan fingerprint density at radius 2 is 2.06 bits per heavy atom. The fraction of sp³-hybridized carbons (Fsp3) is 0.500. The molecule has 0 aromatic heterocycles. The summed E-state index contributed by atoms with van der Waals surface area (Å²) in [5, 5.41) is 2.98. The molecule has 0 bridgehead atoms. The number of nitrogens with one attached hydrogen (secondary N) is 1. The van der Waals surface area contributed by atoms with E-state index >= 15 is 0 Å². The Morgan fingerprint density at radius 3 is 2.76 bits per heavy atom. The number of hydrogen-bond donors (Lipinski definition) is 2. The predicted octanol–water partition coefficient (Wildman–Crippen LogP) is 2.56. The molecule has 0 heterocycles. The summed E-state index contributed by atoms with van der Waals surface area (Å²) in [4.78, 5) is 12.1. The standard InChI is InChI=1S/C14H18N2O/c1-8-5-6-11(15)12(7-8)16-14(17)13-9-3-2-4-10(9)13/h5-7,9-10,13H,2-4,15H2,1H3,(H,16,17). The molecule has 3 nitrogen and oxygen atoms in total. The lowest BCUT2D eigenvalue weighted by Crippen LogP contribution is -2.17. The molecule has 1 aromatic carbocycles. The van der Waals surface area contributed by atoms with Gasteiger partial charge in [-0.05, 0) is 49.3 Å². The monoisotopic (exact) mass is 230 g/mol. The van der Waals surface area contributed by atoms with Gasteiger partial charge in [0.05, 0.1) is 11.4 Å². The summed E-state index contributed by atoms with van der Waals surface area (Å²) in [6.07, 6.45) is 3.75.